The summed E-state index contributed by atoms with van der Waals surface area (Å²) in [4.78, 5) is 17.1. The molecule has 0 spiro atoms. The van der Waals surface area contributed by atoms with Crippen molar-refractivity contribution in [2.45, 2.75) is 11.8 Å². The number of benzene rings is 2. The third kappa shape index (κ3) is 3.74. The maximum Gasteiger partial charge on any atom is 0.257 e. The molecule has 0 saturated carbocycles. The highest BCUT2D eigenvalue weighted by Crippen LogP contribution is 2.38. The molecule has 1 N–H and O–H groups in total. The van der Waals surface area contributed by atoms with E-state index in [4.69, 9.17) is 9.47 Å². The van der Waals surface area contributed by atoms with Crippen LogP contribution in [0.1, 0.15) is 17.3 Å². The van der Waals surface area contributed by atoms with Crippen molar-refractivity contribution in [3.05, 3.63) is 42.0 Å². The van der Waals surface area contributed by atoms with E-state index < -0.39 is 15.7 Å². The highest BCUT2D eigenvalue weighted by Gasteiger charge is 2.18. The molecule has 1 heterocycles. The summed E-state index contributed by atoms with van der Waals surface area (Å²) in [6.45, 7) is 1.56. The zero-order chi connectivity index (χ0) is 19.6. The Morgan fingerprint density at radius 3 is 2.52 bits per heavy atom. The summed E-state index contributed by atoms with van der Waals surface area (Å²) in [6, 6.07) is 9.45. The molecule has 0 aliphatic carbocycles. The highest BCUT2D eigenvalue weighted by atomic mass is 32.2. The molecule has 0 bridgehead atoms. The summed E-state index contributed by atoms with van der Waals surface area (Å²) in [5.74, 6) is 0.716. The van der Waals surface area contributed by atoms with E-state index in [1.54, 1.807) is 45.4 Å². The first-order chi connectivity index (χ1) is 12.9. The summed E-state index contributed by atoms with van der Waals surface area (Å²) in [5.41, 5.74) is 0.821. The fourth-order valence-electron chi connectivity index (χ4n) is 2.51. The van der Waals surface area contributed by atoms with Gasteiger partial charge in [0.05, 0.1) is 24.9 Å². The first kappa shape index (κ1) is 19.1. The maximum atomic E-state index is 12.6. The number of rotatable bonds is 6. The lowest BCUT2D eigenvalue weighted by Gasteiger charge is -2.05. The molecule has 1 aromatic heterocycles. The molecule has 0 saturated heterocycles. The average molecular weight is 406 g/mol. The third-order valence-electron chi connectivity index (χ3n) is 3.97. The summed E-state index contributed by atoms with van der Waals surface area (Å²) >= 11 is 1.25. The van der Waals surface area contributed by atoms with Crippen LogP contribution in [0, 0.1) is 0 Å². The number of aromatic nitrogens is 1. The van der Waals surface area contributed by atoms with E-state index in [0.717, 1.165) is 4.70 Å². The van der Waals surface area contributed by atoms with Crippen molar-refractivity contribution in [3.8, 4) is 11.5 Å². The standard InChI is InChI=1S/C18H18N2O5S2/c1-4-27(22,23)12-7-5-6-11(10-12)17(21)20-18-19-15-13(24-2)8-9-14(25-3)16(15)26-18/h5-10H,4H2,1-3H3,(H,19,20,21). The Hall–Kier alpha value is -2.65. The van der Waals surface area contributed by atoms with Crippen LogP contribution in [0.4, 0.5) is 5.13 Å². The Labute approximate surface area is 160 Å². The smallest absolute Gasteiger partial charge is 0.257 e. The minimum absolute atomic E-state index is 0.0322. The first-order valence-corrected chi connectivity index (χ1v) is 10.5. The topological polar surface area (TPSA) is 94.6 Å². The molecule has 0 unspecified atom stereocenters. The minimum atomic E-state index is -3.39. The van der Waals surface area contributed by atoms with Crippen molar-refractivity contribution < 1.29 is 22.7 Å². The van der Waals surface area contributed by atoms with Crippen molar-refractivity contribution in [3.63, 3.8) is 0 Å². The number of thiazole rings is 1. The number of methoxy groups -OCH3 is 2. The number of hydrogen-bond acceptors (Lipinski definition) is 7. The normalized spacial score (nSPS) is 11.4. The molecular weight excluding hydrogens is 388 g/mol. The molecule has 0 aliphatic heterocycles. The molecule has 3 rings (SSSR count). The molecule has 0 aliphatic rings. The highest BCUT2D eigenvalue weighted by molar-refractivity contribution is 7.91. The molecule has 0 fully saturated rings. The molecule has 0 atom stereocenters. The van der Waals surface area contributed by atoms with Crippen LogP contribution in [0.2, 0.25) is 0 Å². The molecule has 3 aromatic rings. The van der Waals surface area contributed by atoms with Gasteiger partial charge in [0.1, 0.15) is 21.7 Å². The molecule has 142 valence electrons. The Kier molecular flexibility index (Phi) is 5.33. The Bertz CT molecular complexity index is 1070. The predicted octanol–water partition coefficient (Wildman–Crippen LogP) is 3.36. The number of anilines is 1. The van der Waals surface area contributed by atoms with Gasteiger partial charge in [-0.05, 0) is 30.3 Å². The van der Waals surface area contributed by atoms with E-state index >= 15 is 0 Å². The third-order valence-corrected chi connectivity index (χ3v) is 6.68. The molecule has 9 heteroatoms. The summed E-state index contributed by atoms with van der Waals surface area (Å²) in [6.07, 6.45) is 0. The lowest BCUT2D eigenvalue weighted by Crippen LogP contribution is -2.13. The van der Waals surface area contributed by atoms with Gasteiger partial charge in [-0.3, -0.25) is 10.1 Å². The lowest BCUT2D eigenvalue weighted by atomic mass is 10.2. The maximum absolute atomic E-state index is 12.6. The van der Waals surface area contributed by atoms with E-state index in [1.807, 2.05) is 0 Å². The number of amides is 1. The van der Waals surface area contributed by atoms with Crippen molar-refractivity contribution in [2.75, 3.05) is 25.3 Å². The second-order valence-electron chi connectivity index (χ2n) is 5.55. The van der Waals surface area contributed by atoms with Crippen LogP contribution in [0.3, 0.4) is 0 Å². The van der Waals surface area contributed by atoms with Gasteiger partial charge >= 0.3 is 0 Å². The number of sulfone groups is 1. The van der Waals surface area contributed by atoms with Crippen LogP contribution in [0.15, 0.2) is 41.3 Å². The van der Waals surface area contributed by atoms with Crippen LogP contribution in [0.25, 0.3) is 10.2 Å². The van der Waals surface area contributed by atoms with Gasteiger partial charge in [0.15, 0.2) is 15.0 Å². The molecule has 2 aromatic carbocycles. The second-order valence-corrected chi connectivity index (χ2v) is 8.83. The van der Waals surface area contributed by atoms with Crippen LogP contribution in [-0.2, 0) is 9.84 Å². The fraction of sp³-hybridized carbons (Fsp3) is 0.222. The number of carbonyl (C=O) groups is 1. The van der Waals surface area contributed by atoms with Gasteiger partial charge in [-0.25, -0.2) is 13.4 Å². The van der Waals surface area contributed by atoms with Crippen LogP contribution in [0.5, 0.6) is 11.5 Å². The monoisotopic (exact) mass is 406 g/mol. The van der Waals surface area contributed by atoms with Gasteiger partial charge in [-0.1, -0.05) is 24.3 Å². The number of hydrogen-bond donors (Lipinski definition) is 1. The summed E-state index contributed by atoms with van der Waals surface area (Å²) in [5, 5.41) is 3.07. The fourth-order valence-corrected chi connectivity index (χ4v) is 4.40. The lowest BCUT2D eigenvalue weighted by molar-refractivity contribution is 0.102. The van der Waals surface area contributed by atoms with Crippen LogP contribution >= 0.6 is 11.3 Å². The van der Waals surface area contributed by atoms with Gasteiger partial charge in [0.25, 0.3) is 5.91 Å². The van der Waals surface area contributed by atoms with Crippen molar-refractivity contribution in [1.29, 1.82) is 0 Å². The van der Waals surface area contributed by atoms with Gasteiger partial charge in [0.2, 0.25) is 0 Å². The summed E-state index contributed by atoms with van der Waals surface area (Å²) in [7, 11) is -0.297. The molecule has 27 heavy (non-hydrogen) atoms. The summed E-state index contributed by atoms with van der Waals surface area (Å²) < 4.78 is 35.4. The van der Waals surface area contributed by atoms with Gasteiger partial charge in [0, 0.05) is 5.56 Å². The second kappa shape index (κ2) is 7.53. The van der Waals surface area contributed by atoms with E-state index in [0.29, 0.717) is 22.1 Å². The van der Waals surface area contributed by atoms with Gasteiger partial charge in [-0.15, -0.1) is 0 Å². The Morgan fingerprint density at radius 2 is 1.85 bits per heavy atom. The molecule has 0 radical (unpaired) electrons. The largest absolute Gasteiger partial charge is 0.495 e. The van der Waals surface area contributed by atoms with E-state index in [-0.39, 0.29) is 16.2 Å². The van der Waals surface area contributed by atoms with Crippen molar-refractivity contribution in [1.82, 2.24) is 4.98 Å². The van der Waals surface area contributed by atoms with Gasteiger partial charge in [-0.2, -0.15) is 0 Å². The minimum Gasteiger partial charge on any atom is -0.495 e. The van der Waals surface area contributed by atoms with E-state index in [9.17, 15) is 13.2 Å². The molecule has 7 nitrogen and oxygen atoms in total. The van der Waals surface area contributed by atoms with Crippen molar-refractivity contribution >= 4 is 42.4 Å². The van der Waals surface area contributed by atoms with Crippen LogP contribution in [-0.4, -0.2) is 39.3 Å². The van der Waals surface area contributed by atoms with E-state index in [2.05, 4.69) is 10.3 Å². The zero-order valence-corrected chi connectivity index (χ0v) is 16.6. The van der Waals surface area contributed by atoms with Crippen molar-refractivity contribution in [2.24, 2.45) is 0 Å². The number of carbonyl (C=O) groups excluding carboxylic acids is 1. The Balaban J connectivity index is 1.94. The molecule has 1 amide bonds. The van der Waals surface area contributed by atoms with E-state index in [1.165, 1.54) is 23.5 Å². The number of fused-ring (bicyclic) bond motifs is 1. The molecular formula is C18H18N2O5S2. The Morgan fingerprint density at radius 1 is 1.15 bits per heavy atom. The van der Waals surface area contributed by atoms with Gasteiger partial charge < -0.3 is 9.47 Å². The van der Waals surface area contributed by atoms with Crippen LogP contribution < -0.4 is 14.8 Å². The average Bonchev–Trinajstić information content (AvgIpc) is 3.10. The SMILES string of the molecule is CCS(=O)(=O)c1cccc(C(=O)Nc2nc3c(OC)ccc(OC)c3s2)c1. The first-order valence-electron chi connectivity index (χ1n) is 8.05. The zero-order valence-electron chi connectivity index (χ0n) is 15.0. The number of nitrogens with one attached hydrogen (secondary N) is 1. The number of nitrogens with zero attached hydrogens (tertiary/aromatic N) is 1. The quantitative estimate of drug-likeness (QED) is 0.675. The number of ether oxygens (including phenoxy) is 2. The predicted molar refractivity (Wildman–Crippen MR) is 105 cm³/mol.